The molecule has 0 heterocycles. The summed E-state index contributed by atoms with van der Waals surface area (Å²) in [5, 5.41) is 2.92. The average Bonchev–Trinajstić information content (AvgIpc) is 2.49. The van der Waals surface area contributed by atoms with Crippen LogP contribution in [-0.4, -0.2) is 26.9 Å². The summed E-state index contributed by atoms with van der Waals surface area (Å²) in [7, 11) is -3.58. The molecular formula is C19H32N2O3S. The van der Waals surface area contributed by atoms with Gasteiger partial charge in [-0.25, -0.2) is 13.1 Å². The smallest absolute Gasteiger partial charge is 0.240 e. The molecule has 0 radical (unpaired) electrons. The Labute approximate surface area is 152 Å². The molecule has 0 saturated heterocycles. The molecule has 1 aromatic rings. The zero-order chi connectivity index (χ0) is 19.0. The lowest BCUT2D eigenvalue weighted by atomic mass is 10.0. The minimum atomic E-state index is -3.58. The van der Waals surface area contributed by atoms with Crippen molar-refractivity contribution in [1.29, 1.82) is 0 Å². The third-order valence-corrected chi connectivity index (χ3v) is 5.72. The molecule has 0 aliphatic rings. The van der Waals surface area contributed by atoms with Crippen molar-refractivity contribution in [2.24, 2.45) is 5.92 Å². The topological polar surface area (TPSA) is 75.3 Å². The Morgan fingerprint density at radius 1 is 1.08 bits per heavy atom. The minimum absolute atomic E-state index is 0.0970. The van der Waals surface area contributed by atoms with E-state index in [-0.39, 0.29) is 29.8 Å². The molecule has 0 spiro atoms. The number of amides is 1. The van der Waals surface area contributed by atoms with E-state index in [1.807, 2.05) is 20.8 Å². The van der Waals surface area contributed by atoms with Crippen LogP contribution in [0.3, 0.4) is 0 Å². The third kappa shape index (κ3) is 8.01. The third-order valence-electron chi connectivity index (χ3n) is 4.26. The first-order chi connectivity index (χ1) is 11.6. The van der Waals surface area contributed by atoms with Crippen LogP contribution < -0.4 is 10.0 Å². The van der Waals surface area contributed by atoms with E-state index in [9.17, 15) is 13.2 Å². The molecule has 1 amide bonds. The first-order valence-corrected chi connectivity index (χ1v) is 10.5. The standard InChI is InChI=1S/C19H32N2O3S/c1-14(2)7-6-8-17(5)21-19(22)11-12-20-25(23,24)18-10-9-15(3)16(4)13-18/h9-10,13-14,17,20H,6-8,11-12H2,1-5H3,(H,21,22). The van der Waals surface area contributed by atoms with Gasteiger partial charge < -0.3 is 5.32 Å². The van der Waals surface area contributed by atoms with Crippen molar-refractivity contribution in [2.45, 2.75) is 71.2 Å². The minimum Gasteiger partial charge on any atom is -0.354 e. The van der Waals surface area contributed by atoms with Crippen LogP contribution in [0.25, 0.3) is 0 Å². The van der Waals surface area contributed by atoms with Gasteiger partial charge in [-0.05, 0) is 56.4 Å². The highest BCUT2D eigenvalue weighted by Crippen LogP contribution is 2.14. The number of aryl methyl sites for hydroxylation is 2. The van der Waals surface area contributed by atoms with Crippen molar-refractivity contribution in [1.82, 2.24) is 10.0 Å². The van der Waals surface area contributed by atoms with E-state index in [4.69, 9.17) is 0 Å². The fourth-order valence-electron chi connectivity index (χ4n) is 2.51. The first kappa shape index (κ1) is 21.6. The zero-order valence-corrected chi connectivity index (χ0v) is 16.9. The quantitative estimate of drug-likeness (QED) is 0.665. The van der Waals surface area contributed by atoms with E-state index in [2.05, 4.69) is 23.9 Å². The monoisotopic (exact) mass is 368 g/mol. The van der Waals surface area contributed by atoms with Gasteiger partial charge in [0.2, 0.25) is 15.9 Å². The van der Waals surface area contributed by atoms with Crippen molar-refractivity contribution < 1.29 is 13.2 Å². The molecule has 0 fully saturated rings. The van der Waals surface area contributed by atoms with E-state index < -0.39 is 10.0 Å². The van der Waals surface area contributed by atoms with Gasteiger partial charge in [0.1, 0.15) is 0 Å². The molecular weight excluding hydrogens is 336 g/mol. The molecule has 6 heteroatoms. The van der Waals surface area contributed by atoms with Gasteiger partial charge in [0, 0.05) is 19.0 Å². The Morgan fingerprint density at radius 3 is 2.36 bits per heavy atom. The van der Waals surface area contributed by atoms with E-state index in [0.717, 1.165) is 30.4 Å². The summed E-state index contributed by atoms with van der Waals surface area (Å²) in [6.07, 6.45) is 3.31. The van der Waals surface area contributed by atoms with Crippen LogP contribution in [0, 0.1) is 19.8 Å². The van der Waals surface area contributed by atoms with E-state index in [0.29, 0.717) is 5.92 Å². The molecule has 1 atom stereocenters. The number of benzene rings is 1. The van der Waals surface area contributed by atoms with Crippen LogP contribution in [0.5, 0.6) is 0 Å². The number of carbonyl (C=O) groups excluding carboxylic acids is 1. The van der Waals surface area contributed by atoms with Crippen molar-refractivity contribution in [2.75, 3.05) is 6.54 Å². The summed E-state index contributed by atoms with van der Waals surface area (Å²) in [6.45, 7) is 10.3. The van der Waals surface area contributed by atoms with Crippen molar-refractivity contribution >= 4 is 15.9 Å². The predicted molar refractivity (Wildman–Crippen MR) is 102 cm³/mol. The molecule has 0 aliphatic heterocycles. The summed E-state index contributed by atoms with van der Waals surface area (Å²) in [6, 6.07) is 5.13. The number of rotatable bonds is 10. The Bertz CT molecular complexity index is 669. The fraction of sp³-hybridized carbons (Fsp3) is 0.632. The van der Waals surface area contributed by atoms with Crippen LogP contribution >= 0.6 is 0 Å². The van der Waals surface area contributed by atoms with Gasteiger partial charge in [0.25, 0.3) is 0 Å². The van der Waals surface area contributed by atoms with E-state index in [1.54, 1.807) is 18.2 Å². The largest absolute Gasteiger partial charge is 0.354 e. The number of nitrogens with one attached hydrogen (secondary N) is 2. The maximum Gasteiger partial charge on any atom is 0.240 e. The molecule has 0 aliphatic carbocycles. The van der Waals surface area contributed by atoms with Crippen molar-refractivity contribution in [3.8, 4) is 0 Å². The Balaban J connectivity index is 2.40. The van der Waals surface area contributed by atoms with Gasteiger partial charge in [-0.15, -0.1) is 0 Å². The van der Waals surface area contributed by atoms with Crippen molar-refractivity contribution in [3.05, 3.63) is 29.3 Å². The Hall–Kier alpha value is -1.40. The summed E-state index contributed by atoms with van der Waals surface area (Å²) in [4.78, 5) is 12.2. The lowest BCUT2D eigenvalue weighted by molar-refractivity contribution is -0.121. The second-order valence-electron chi connectivity index (χ2n) is 7.19. The van der Waals surface area contributed by atoms with Gasteiger partial charge in [0.05, 0.1) is 4.90 Å². The molecule has 0 aromatic heterocycles. The molecule has 142 valence electrons. The number of hydrogen-bond acceptors (Lipinski definition) is 3. The van der Waals surface area contributed by atoms with Crippen LogP contribution in [-0.2, 0) is 14.8 Å². The highest BCUT2D eigenvalue weighted by atomic mass is 32.2. The average molecular weight is 369 g/mol. The van der Waals surface area contributed by atoms with Gasteiger partial charge in [-0.3, -0.25) is 4.79 Å². The molecule has 25 heavy (non-hydrogen) atoms. The van der Waals surface area contributed by atoms with Gasteiger partial charge in [-0.1, -0.05) is 32.8 Å². The highest BCUT2D eigenvalue weighted by Gasteiger charge is 2.15. The lowest BCUT2D eigenvalue weighted by Crippen LogP contribution is -2.35. The predicted octanol–water partition coefficient (Wildman–Crippen LogP) is 3.30. The Kier molecular flexibility index (Phi) is 8.59. The molecule has 1 aromatic carbocycles. The number of sulfonamides is 1. The molecule has 0 bridgehead atoms. The normalized spacial score (nSPS) is 13.0. The fourth-order valence-corrected chi connectivity index (χ4v) is 3.63. The summed E-state index contributed by atoms with van der Waals surface area (Å²) in [5.74, 6) is 0.544. The second-order valence-corrected chi connectivity index (χ2v) is 8.95. The van der Waals surface area contributed by atoms with Crippen LogP contribution in [0.1, 0.15) is 57.6 Å². The van der Waals surface area contributed by atoms with Crippen LogP contribution in [0.4, 0.5) is 0 Å². The molecule has 1 unspecified atom stereocenters. The maximum absolute atomic E-state index is 12.3. The molecule has 5 nitrogen and oxygen atoms in total. The summed E-state index contributed by atoms with van der Waals surface area (Å²) in [5.41, 5.74) is 1.97. The molecule has 1 rings (SSSR count). The first-order valence-electron chi connectivity index (χ1n) is 8.98. The van der Waals surface area contributed by atoms with Crippen molar-refractivity contribution in [3.63, 3.8) is 0 Å². The zero-order valence-electron chi connectivity index (χ0n) is 16.1. The lowest BCUT2D eigenvalue weighted by Gasteiger charge is -2.15. The number of hydrogen-bond donors (Lipinski definition) is 2. The van der Waals surface area contributed by atoms with Gasteiger partial charge in [0.15, 0.2) is 0 Å². The number of carbonyl (C=O) groups is 1. The van der Waals surface area contributed by atoms with Crippen LogP contribution in [0.2, 0.25) is 0 Å². The van der Waals surface area contributed by atoms with E-state index in [1.165, 1.54) is 0 Å². The SMILES string of the molecule is Cc1ccc(S(=O)(=O)NCCC(=O)NC(C)CCCC(C)C)cc1C. The highest BCUT2D eigenvalue weighted by molar-refractivity contribution is 7.89. The second kappa shape index (κ2) is 9.92. The van der Waals surface area contributed by atoms with Gasteiger partial charge >= 0.3 is 0 Å². The molecule has 2 N–H and O–H groups in total. The Morgan fingerprint density at radius 2 is 1.76 bits per heavy atom. The van der Waals surface area contributed by atoms with E-state index >= 15 is 0 Å². The van der Waals surface area contributed by atoms with Crippen LogP contribution in [0.15, 0.2) is 23.1 Å². The van der Waals surface area contributed by atoms with Gasteiger partial charge in [-0.2, -0.15) is 0 Å². The maximum atomic E-state index is 12.3. The summed E-state index contributed by atoms with van der Waals surface area (Å²) < 4.78 is 27.0. The summed E-state index contributed by atoms with van der Waals surface area (Å²) >= 11 is 0. The molecule has 0 saturated carbocycles.